The number of amides is 1. The molecule has 2 aromatic heterocycles. The van der Waals surface area contributed by atoms with Gasteiger partial charge in [0.15, 0.2) is 0 Å². The summed E-state index contributed by atoms with van der Waals surface area (Å²) in [5, 5.41) is 5.26. The van der Waals surface area contributed by atoms with Gasteiger partial charge in [0.1, 0.15) is 16.8 Å². The van der Waals surface area contributed by atoms with Crippen LogP contribution < -0.4 is 5.32 Å². The van der Waals surface area contributed by atoms with E-state index in [2.05, 4.69) is 5.32 Å². The van der Waals surface area contributed by atoms with Crippen LogP contribution in [0.5, 0.6) is 0 Å². The van der Waals surface area contributed by atoms with Gasteiger partial charge in [-0.05, 0) is 50.3 Å². The average molecular weight is 429 g/mol. The standard InChI is InChI=1S/C22H25FN4O2S/c23-16-6-3-7-17(13-16)24-22-25-19(21-27(22)10-12-30-21)15-5-4-9-26(14-15)20(28)18-8-1-2-11-29-18/h3,6-7,10,12-13,15,18H,1-2,4-5,8-9,11,14H2,(H,24,25)/t15-,18-/m1/s1. The number of nitrogens with zero attached hydrogens (tertiary/aromatic N) is 3. The number of halogens is 1. The lowest BCUT2D eigenvalue weighted by molar-refractivity contribution is -0.147. The highest BCUT2D eigenvalue weighted by Crippen LogP contribution is 2.34. The lowest BCUT2D eigenvalue weighted by Gasteiger charge is -2.35. The Bertz CT molecular complexity index is 1040. The van der Waals surface area contributed by atoms with Gasteiger partial charge in [-0.3, -0.25) is 9.20 Å². The maximum Gasteiger partial charge on any atom is 0.251 e. The molecule has 6 nitrogen and oxygen atoms in total. The van der Waals surface area contributed by atoms with Crippen molar-refractivity contribution in [3.05, 3.63) is 47.4 Å². The molecule has 8 heteroatoms. The molecule has 1 aromatic carbocycles. The molecular formula is C22H25FN4O2S. The van der Waals surface area contributed by atoms with Crippen molar-refractivity contribution in [1.82, 2.24) is 14.3 Å². The van der Waals surface area contributed by atoms with Crippen molar-refractivity contribution < 1.29 is 13.9 Å². The van der Waals surface area contributed by atoms with Crippen LogP contribution in [-0.2, 0) is 9.53 Å². The summed E-state index contributed by atoms with van der Waals surface area (Å²) < 4.78 is 21.3. The Balaban J connectivity index is 1.37. The third-order valence-corrected chi connectivity index (χ3v) is 6.82. The van der Waals surface area contributed by atoms with Gasteiger partial charge in [-0.1, -0.05) is 6.07 Å². The van der Waals surface area contributed by atoms with Crippen LogP contribution in [0.3, 0.4) is 0 Å². The van der Waals surface area contributed by atoms with Gasteiger partial charge >= 0.3 is 0 Å². The van der Waals surface area contributed by atoms with E-state index in [-0.39, 0.29) is 23.7 Å². The normalized spacial score (nSPS) is 22.4. The molecule has 2 aliphatic heterocycles. The number of ether oxygens (including phenoxy) is 1. The predicted octanol–water partition coefficient (Wildman–Crippen LogP) is 4.55. The van der Waals surface area contributed by atoms with Crippen LogP contribution in [0.4, 0.5) is 16.0 Å². The van der Waals surface area contributed by atoms with Crippen LogP contribution in [0.1, 0.15) is 43.7 Å². The van der Waals surface area contributed by atoms with Gasteiger partial charge in [-0.2, -0.15) is 0 Å². The van der Waals surface area contributed by atoms with Gasteiger partial charge in [0.2, 0.25) is 5.95 Å². The van der Waals surface area contributed by atoms with Crippen molar-refractivity contribution in [1.29, 1.82) is 0 Å². The van der Waals surface area contributed by atoms with Crippen molar-refractivity contribution in [2.45, 2.75) is 44.1 Å². The molecule has 0 saturated carbocycles. The summed E-state index contributed by atoms with van der Waals surface area (Å²) >= 11 is 1.64. The molecular weight excluding hydrogens is 403 g/mol. The number of nitrogens with one attached hydrogen (secondary N) is 1. The van der Waals surface area contributed by atoms with Gasteiger partial charge in [0.05, 0.1) is 5.69 Å². The number of piperidine rings is 1. The van der Waals surface area contributed by atoms with Crippen LogP contribution >= 0.6 is 11.3 Å². The summed E-state index contributed by atoms with van der Waals surface area (Å²) in [4.78, 5) is 20.9. The van der Waals surface area contributed by atoms with Crippen molar-refractivity contribution in [2.24, 2.45) is 0 Å². The van der Waals surface area contributed by atoms with E-state index in [4.69, 9.17) is 9.72 Å². The highest BCUT2D eigenvalue weighted by atomic mass is 32.1. The number of imidazole rings is 1. The van der Waals surface area contributed by atoms with E-state index in [9.17, 15) is 9.18 Å². The van der Waals surface area contributed by atoms with E-state index in [1.54, 1.807) is 17.4 Å². The van der Waals surface area contributed by atoms with Crippen LogP contribution in [0.15, 0.2) is 35.8 Å². The lowest BCUT2D eigenvalue weighted by Crippen LogP contribution is -2.46. The molecule has 1 amide bonds. The molecule has 0 radical (unpaired) electrons. The zero-order valence-corrected chi connectivity index (χ0v) is 17.5. The Morgan fingerprint density at radius 1 is 1.27 bits per heavy atom. The molecule has 2 fully saturated rings. The molecule has 2 aliphatic rings. The van der Waals surface area contributed by atoms with E-state index in [0.29, 0.717) is 24.8 Å². The van der Waals surface area contributed by atoms with Crippen molar-refractivity contribution in [2.75, 3.05) is 25.0 Å². The van der Waals surface area contributed by atoms with E-state index in [1.807, 2.05) is 26.9 Å². The number of fused-ring (bicyclic) bond motifs is 1. The third kappa shape index (κ3) is 3.81. The number of carbonyl (C=O) groups excluding carboxylic acids is 1. The van der Waals surface area contributed by atoms with E-state index >= 15 is 0 Å². The molecule has 1 N–H and O–H groups in total. The van der Waals surface area contributed by atoms with Crippen LogP contribution in [-0.4, -0.2) is 46.0 Å². The van der Waals surface area contributed by atoms with E-state index in [0.717, 1.165) is 49.2 Å². The predicted molar refractivity (Wildman–Crippen MR) is 115 cm³/mol. The average Bonchev–Trinajstić information content (AvgIpc) is 3.38. The second-order valence-electron chi connectivity index (χ2n) is 8.01. The Morgan fingerprint density at radius 3 is 3.03 bits per heavy atom. The number of benzene rings is 1. The van der Waals surface area contributed by atoms with Gasteiger partial charge in [0.25, 0.3) is 5.91 Å². The minimum atomic E-state index is -0.287. The van der Waals surface area contributed by atoms with Gasteiger partial charge in [0, 0.05) is 42.9 Å². The first kappa shape index (κ1) is 19.5. The minimum absolute atomic E-state index is 0.124. The molecule has 0 unspecified atom stereocenters. The van der Waals surface area contributed by atoms with E-state index < -0.39 is 0 Å². The Morgan fingerprint density at radius 2 is 2.20 bits per heavy atom. The van der Waals surface area contributed by atoms with Crippen molar-refractivity contribution in [3.8, 4) is 0 Å². The summed E-state index contributed by atoms with van der Waals surface area (Å²) in [7, 11) is 0. The fraction of sp³-hybridized carbons (Fsp3) is 0.455. The van der Waals surface area contributed by atoms with Crippen molar-refractivity contribution >= 4 is 33.7 Å². The molecule has 0 spiro atoms. The van der Waals surface area contributed by atoms with Gasteiger partial charge in [-0.15, -0.1) is 11.3 Å². The third-order valence-electron chi connectivity index (χ3n) is 5.94. The molecule has 3 aromatic rings. The summed E-state index contributed by atoms with van der Waals surface area (Å²) in [6, 6.07) is 6.38. The summed E-state index contributed by atoms with van der Waals surface area (Å²) in [6.07, 6.45) is 6.56. The maximum absolute atomic E-state index is 13.6. The van der Waals surface area contributed by atoms with Gasteiger partial charge in [-0.25, -0.2) is 9.37 Å². The number of rotatable bonds is 4. The minimum Gasteiger partial charge on any atom is -0.368 e. The first-order valence-electron chi connectivity index (χ1n) is 10.6. The second-order valence-corrected chi connectivity index (χ2v) is 8.91. The maximum atomic E-state index is 13.6. The molecule has 0 bridgehead atoms. The molecule has 4 heterocycles. The Hall–Kier alpha value is -2.45. The fourth-order valence-corrected chi connectivity index (χ4v) is 5.34. The topological polar surface area (TPSA) is 58.9 Å². The number of hydrogen-bond donors (Lipinski definition) is 1. The number of likely N-dealkylation sites (tertiary alicyclic amines) is 1. The quantitative estimate of drug-likeness (QED) is 0.662. The zero-order valence-electron chi connectivity index (χ0n) is 16.7. The molecule has 2 atom stereocenters. The Kier molecular flexibility index (Phi) is 5.43. The zero-order chi connectivity index (χ0) is 20.5. The number of carbonyl (C=O) groups is 1. The smallest absolute Gasteiger partial charge is 0.251 e. The van der Waals surface area contributed by atoms with E-state index in [1.165, 1.54) is 12.1 Å². The number of aromatic nitrogens is 2. The molecule has 30 heavy (non-hydrogen) atoms. The summed E-state index contributed by atoms with van der Waals surface area (Å²) in [6.45, 7) is 2.13. The molecule has 5 rings (SSSR count). The summed E-state index contributed by atoms with van der Waals surface area (Å²) in [5.41, 5.74) is 1.67. The first-order chi connectivity index (χ1) is 14.7. The SMILES string of the molecule is O=C([C@H]1CCCCO1)N1CCC[C@@H](c2nc(Nc3cccc(F)c3)n3ccsc23)C1. The molecule has 2 saturated heterocycles. The van der Waals surface area contributed by atoms with Gasteiger partial charge < -0.3 is 15.0 Å². The van der Waals surface area contributed by atoms with Crippen molar-refractivity contribution in [3.63, 3.8) is 0 Å². The Labute approximate surface area is 178 Å². The highest BCUT2D eigenvalue weighted by Gasteiger charge is 2.33. The number of thiazole rings is 1. The fourth-order valence-electron chi connectivity index (χ4n) is 4.44. The number of hydrogen-bond acceptors (Lipinski definition) is 5. The largest absolute Gasteiger partial charge is 0.368 e. The second kappa shape index (κ2) is 8.35. The number of anilines is 2. The van der Waals surface area contributed by atoms with Crippen LogP contribution in [0.2, 0.25) is 0 Å². The summed E-state index contributed by atoms with van der Waals surface area (Å²) in [5.74, 6) is 0.692. The first-order valence-corrected chi connectivity index (χ1v) is 11.5. The molecule has 158 valence electrons. The highest BCUT2D eigenvalue weighted by molar-refractivity contribution is 7.15. The monoisotopic (exact) mass is 428 g/mol. The molecule has 0 aliphatic carbocycles. The van der Waals surface area contributed by atoms with Crippen LogP contribution in [0.25, 0.3) is 4.83 Å². The lowest BCUT2D eigenvalue weighted by atomic mass is 9.94. The van der Waals surface area contributed by atoms with Crippen LogP contribution in [0, 0.1) is 5.82 Å².